The molecule has 1 aliphatic heterocycles. The smallest absolute Gasteiger partial charge is 0.347 e. The molecule has 6 nitrogen and oxygen atoms in total. The second-order valence-corrected chi connectivity index (χ2v) is 10.3. The average molecular weight is 477 g/mol. The van der Waals surface area contributed by atoms with E-state index < -0.39 is 17.1 Å². The van der Waals surface area contributed by atoms with E-state index in [0.717, 1.165) is 68.3 Å². The molecule has 2 aliphatic rings. The summed E-state index contributed by atoms with van der Waals surface area (Å²) in [5.74, 6) is 0.696. The zero-order valence-corrected chi connectivity index (χ0v) is 21.0. The first-order chi connectivity index (χ1) is 16.7. The minimum absolute atomic E-state index is 0.193. The molecule has 1 spiro atoms. The third-order valence-corrected chi connectivity index (χ3v) is 7.07. The molecule has 4 rings (SSSR count). The molecule has 0 aromatic heterocycles. The topological polar surface area (TPSA) is 79.2 Å². The van der Waals surface area contributed by atoms with Gasteiger partial charge >= 0.3 is 5.97 Å². The summed E-state index contributed by atoms with van der Waals surface area (Å²) in [6, 6.07) is 16.0. The van der Waals surface area contributed by atoms with Crippen LogP contribution < -0.4 is 4.74 Å². The van der Waals surface area contributed by atoms with Crippen LogP contribution in [-0.2, 0) is 22.6 Å². The summed E-state index contributed by atoms with van der Waals surface area (Å²) in [5.41, 5.74) is 1.64. The quantitative estimate of drug-likeness (QED) is 0.473. The summed E-state index contributed by atoms with van der Waals surface area (Å²) in [4.78, 5) is 31.5. The minimum atomic E-state index is -1.27. The third kappa shape index (κ3) is 5.58. The first-order valence-electron chi connectivity index (χ1n) is 12.7. The Morgan fingerprint density at radius 3 is 2.17 bits per heavy atom. The van der Waals surface area contributed by atoms with Gasteiger partial charge in [-0.15, -0.1) is 0 Å². The van der Waals surface area contributed by atoms with Crippen LogP contribution in [0.15, 0.2) is 53.5 Å². The van der Waals surface area contributed by atoms with Crippen molar-refractivity contribution in [3.05, 3.63) is 65.2 Å². The van der Waals surface area contributed by atoms with Gasteiger partial charge in [-0.05, 0) is 68.4 Å². The molecule has 1 N–H and O–H groups in total. The summed E-state index contributed by atoms with van der Waals surface area (Å²) < 4.78 is 5.58. The Morgan fingerprint density at radius 1 is 1.03 bits per heavy atom. The second-order valence-electron chi connectivity index (χ2n) is 10.3. The number of aliphatic imine (C=N–C) groups is 1. The fourth-order valence-electron chi connectivity index (χ4n) is 4.89. The maximum absolute atomic E-state index is 13.3. The molecular weight excluding hydrogens is 440 g/mol. The van der Waals surface area contributed by atoms with Crippen LogP contribution >= 0.6 is 0 Å². The van der Waals surface area contributed by atoms with Gasteiger partial charge in [-0.25, -0.2) is 4.79 Å². The number of hydrogen-bond donors (Lipinski definition) is 1. The van der Waals surface area contributed by atoms with Gasteiger partial charge in [-0.3, -0.25) is 14.7 Å². The number of rotatable bonds is 10. The number of benzene rings is 2. The van der Waals surface area contributed by atoms with Gasteiger partial charge in [0.2, 0.25) is 0 Å². The lowest BCUT2D eigenvalue weighted by atomic mass is 9.98. The van der Waals surface area contributed by atoms with Crippen LogP contribution in [-0.4, -0.2) is 38.9 Å². The molecule has 0 unspecified atom stereocenters. The van der Waals surface area contributed by atoms with Gasteiger partial charge in [-0.1, -0.05) is 62.6 Å². The highest BCUT2D eigenvalue weighted by Crippen LogP contribution is 2.40. The molecule has 1 aliphatic carbocycles. The fraction of sp³-hybridized carbons (Fsp3) is 0.483. The van der Waals surface area contributed by atoms with Crippen LogP contribution in [0.2, 0.25) is 0 Å². The average Bonchev–Trinajstić information content (AvgIpc) is 3.40. The Kier molecular flexibility index (Phi) is 7.29. The van der Waals surface area contributed by atoms with Crippen LogP contribution in [0.4, 0.5) is 0 Å². The summed E-state index contributed by atoms with van der Waals surface area (Å²) in [6.07, 6.45) is 7.71. The summed E-state index contributed by atoms with van der Waals surface area (Å²) in [5, 5.41) is 9.23. The maximum atomic E-state index is 13.3. The molecular formula is C29H36N2O4. The van der Waals surface area contributed by atoms with Crippen molar-refractivity contribution in [3.63, 3.8) is 0 Å². The largest absolute Gasteiger partial charge is 0.478 e. The van der Waals surface area contributed by atoms with Crippen molar-refractivity contribution in [2.75, 3.05) is 0 Å². The van der Waals surface area contributed by atoms with Crippen LogP contribution in [0.3, 0.4) is 0 Å². The van der Waals surface area contributed by atoms with Crippen molar-refractivity contribution >= 4 is 17.7 Å². The van der Waals surface area contributed by atoms with E-state index in [1.807, 2.05) is 29.2 Å². The second kappa shape index (κ2) is 10.2. The molecule has 35 heavy (non-hydrogen) atoms. The lowest BCUT2D eigenvalue weighted by Gasteiger charge is -2.23. The van der Waals surface area contributed by atoms with Crippen LogP contribution in [0.5, 0.6) is 5.75 Å². The highest BCUT2D eigenvalue weighted by molar-refractivity contribution is 6.08. The number of nitrogens with zero attached hydrogens (tertiary/aromatic N) is 2. The number of carboxylic acid groups (broad SMARTS) is 1. The van der Waals surface area contributed by atoms with Crippen LogP contribution in [0.1, 0.15) is 82.4 Å². The standard InChI is InChI=1S/C29H36N2O4/c1-4-5-8-25-30-29(17-6-7-18-29)26(32)31(25)20-23-11-9-21(10-12-23)19-22-13-15-24(16-14-22)35-28(2,3)27(33)34/h9-16H,4-8,17-20H2,1-3H3,(H,33,34). The number of carbonyl (C=O) groups is 2. The van der Waals surface area contributed by atoms with Crippen molar-refractivity contribution in [1.82, 2.24) is 4.90 Å². The number of carboxylic acids is 1. The summed E-state index contributed by atoms with van der Waals surface area (Å²) >= 11 is 0. The fourth-order valence-corrected chi connectivity index (χ4v) is 4.89. The number of amidine groups is 1. The Bertz CT molecular complexity index is 1080. The van der Waals surface area contributed by atoms with Crippen molar-refractivity contribution in [2.24, 2.45) is 4.99 Å². The number of unbranched alkanes of at least 4 members (excludes halogenated alkanes) is 1. The van der Waals surface area contributed by atoms with Crippen molar-refractivity contribution in [3.8, 4) is 5.75 Å². The third-order valence-electron chi connectivity index (χ3n) is 7.07. The van der Waals surface area contributed by atoms with E-state index in [4.69, 9.17) is 9.73 Å². The summed E-state index contributed by atoms with van der Waals surface area (Å²) in [7, 11) is 0. The van der Waals surface area contributed by atoms with Crippen LogP contribution in [0.25, 0.3) is 0 Å². The van der Waals surface area contributed by atoms with Gasteiger partial charge < -0.3 is 9.84 Å². The van der Waals surface area contributed by atoms with E-state index in [1.54, 1.807) is 0 Å². The van der Waals surface area contributed by atoms with E-state index in [2.05, 4.69) is 31.2 Å². The highest BCUT2D eigenvalue weighted by Gasteiger charge is 2.49. The first kappa shape index (κ1) is 25.0. The lowest BCUT2D eigenvalue weighted by Crippen LogP contribution is -2.40. The monoisotopic (exact) mass is 476 g/mol. The van der Waals surface area contributed by atoms with Gasteiger partial charge in [0.05, 0.1) is 6.54 Å². The molecule has 1 fully saturated rings. The number of hydrogen-bond acceptors (Lipinski definition) is 4. The number of ether oxygens (including phenoxy) is 1. The molecule has 1 heterocycles. The normalized spacial score (nSPS) is 17.2. The number of carbonyl (C=O) groups excluding carboxylic acids is 1. The molecule has 0 atom stereocenters. The van der Waals surface area contributed by atoms with Gasteiger partial charge in [0.15, 0.2) is 5.60 Å². The molecule has 6 heteroatoms. The molecule has 1 amide bonds. The van der Waals surface area contributed by atoms with Gasteiger partial charge in [-0.2, -0.15) is 0 Å². The molecule has 2 aromatic carbocycles. The molecule has 0 bridgehead atoms. The Balaban J connectivity index is 1.39. The number of amides is 1. The molecule has 0 radical (unpaired) electrons. The zero-order chi connectivity index (χ0) is 25.1. The summed E-state index contributed by atoms with van der Waals surface area (Å²) in [6.45, 7) is 5.82. The Labute approximate surface area is 208 Å². The van der Waals surface area contributed by atoms with E-state index >= 15 is 0 Å². The first-order valence-corrected chi connectivity index (χ1v) is 12.7. The molecule has 1 saturated carbocycles. The van der Waals surface area contributed by atoms with Crippen molar-refractivity contribution in [1.29, 1.82) is 0 Å². The van der Waals surface area contributed by atoms with Crippen LogP contribution in [0, 0.1) is 0 Å². The lowest BCUT2D eigenvalue weighted by molar-refractivity contribution is -0.152. The molecule has 0 saturated heterocycles. The highest BCUT2D eigenvalue weighted by atomic mass is 16.5. The Morgan fingerprint density at radius 2 is 1.60 bits per heavy atom. The van der Waals surface area contributed by atoms with E-state index in [1.165, 1.54) is 19.4 Å². The predicted molar refractivity (Wildman–Crippen MR) is 137 cm³/mol. The molecule has 2 aromatic rings. The van der Waals surface area contributed by atoms with Gasteiger partial charge in [0.25, 0.3) is 5.91 Å². The maximum Gasteiger partial charge on any atom is 0.347 e. The van der Waals surface area contributed by atoms with E-state index in [0.29, 0.717) is 12.3 Å². The van der Waals surface area contributed by atoms with Gasteiger partial charge in [0.1, 0.15) is 17.1 Å². The SMILES string of the molecule is CCCCC1=NC2(CCCC2)C(=O)N1Cc1ccc(Cc2ccc(OC(C)(C)C(=O)O)cc2)cc1. The van der Waals surface area contributed by atoms with Crippen molar-refractivity contribution < 1.29 is 19.4 Å². The van der Waals surface area contributed by atoms with Crippen molar-refractivity contribution in [2.45, 2.75) is 89.8 Å². The van der Waals surface area contributed by atoms with E-state index in [9.17, 15) is 14.7 Å². The zero-order valence-electron chi connectivity index (χ0n) is 21.0. The minimum Gasteiger partial charge on any atom is -0.478 e. The predicted octanol–water partition coefficient (Wildman–Crippen LogP) is 5.76. The number of aliphatic carboxylic acids is 1. The van der Waals surface area contributed by atoms with Gasteiger partial charge in [0, 0.05) is 6.42 Å². The Hall–Kier alpha value is -3.15. The molecule has 186 valence electrons. The van der Waals surface area contributed by atoms with E-state index in [-0.39, 0.29) is 5.91 Å².